The summed E-state index contributed by atoms with van der Waals surface area (Å²) in [5.74, 6) is 0.212. The summed E-state index contributed by atoms with van der Waals surface area (Å²) < 4.78 is 0. The van der Waals surface area contributed by atoms with E-state index in [0.717, 1.165) is 44.5 Å². The van der Waals surface area contributed by atoms with Crippen LogP contribution < -0.4 is 4.90 Å². The molecule has 4 nitrogen and oxygen atoms in total. The summed E-state index contributed by atoms with van der Waals surface area (Å²) in [4.78, 5) is 29.5. The van der Waals surface area contributed by atoms with Crippen molar-refractivity contribution < 1.29 is 9.59 Å². The Bertz CT molecular complexity index is 578. The van der Waals surface area contributed by atoms with Gasteiger partial charge in [0.15, 0.2) is 0 Å². The highest BCUT2D eigenvalue weighted by Crippen LogP contribution is 2.30. The molecule has 2 aliphatic heterocycles. The largest absolute Gasteiger partial charge is 0.341 e. The van der Waals surface area contributed by atoms with Gasteiger partial charge in [-0.05, 0) is 50.2 Å². The summed E-state index contributed by atoms with van der Waals surface area (Å²) >= 11 is 0. The summed E-state index contributed by atoms with van der Waals surface area (Å²) in [5, 5.41) is 0. The number of amides is 2. The van der Waals surface area contributed by atoms with E-state index in [2.05, 4.69) is 6.07 Å². The molecule has 0 spiro atoms. The normalized spacial score (nSPS) is 20.0. The zero-order chi connectivity index (χ0) is 16.2. The van der Waals surface area contributed by atoms with Gasteiger partial charge in [0, 0.05) is 25.2 Å². The van der Waals surface area contributed by atoms with E-state index in [1.54, 1.807) is 4.90 Å². The zero-order valence-corrected chi connectivity index (χ0v) is 14.0. The van der Waals surface area contributed by atoms with E-state index in [0.29, 0.717) is 12.8 Å². The number of rotatable bonds is 3. The Hall–Kier alpha value is -1.84. The van der Waals surface area contributed by atoms with Crippen molar-refractivity contribution in [1.29, 1.82) is 0 Å². The molecule has 0 N–H and O–H groups in total. The Morgan fingerprint density at radius 2 is 1.83 bits per heavy atom. The Morgan fingerprint density at radius 3 is 2.57 bits per heavy atom. The molecule has 0 radical (unpaired) electrons. The number of likely N-dealkylation sites (tertiary alicyclic amines) is 1. The number of nitrogens with zero attached hydrogens (tertiary/aromatic N) is 2. The maximum atomic E-state index is 13.0. The molecule has 0 saturated carbocycles. The van der Waals surface area contributed by atoms with Crippen molar-refractivity contribution in [2.75, 3.05) is 18.0 Å². The minimum absolute atomic E-state index is 0.0900. The lowest BCUT2D eigenvalue weighted by molar-refractivity contribution is -0.135. The number of carbonyl (C=O) groups excluding carboxylic acids is 2. The van der Waals surface area contributed by atoms with Gasteiger partial charge >= 0.3 is 0 Å². The number of piperidine rings is 1. The van der Waals surface area contributed by atoms with Crippen LogP contribution in [0.2, 0.25) is 0 Å². The van der Waals surface area contributed by atoms with E-state index in [1.165, 1.54) is 12.0 Å². The van der Waals surface area contributed by atoms with Gasteiger partial charge in [0.25, 0.3) is 0 Å². The number of carbonyl (C=O) groups is 2. The number of anilines is 1. The Balaban J connectivity index is 1.92. The van der Waals surface area contributed by atoms with Gasteiger partial charge in [0.05, 0.1) is 0 Å². The van der Waals surface area contributed by atoms with Gasteiger partial charge < -0.3 is 4.90 Å². The van der Waals surface area contributed by atoms with Gasteiger partial charge in [-0.3, -0.25) is 14.5 Å². The molecule has 1 aromatic rings. The lowest BCUT2D eigenvalue weighted by Crippen LogP contribution is -2.52. The Kier molecular flexibility index (Phi) is 4.99. The summed E-state index contributed by atoms with van der Waals surface area (Å²) in [7, 11) is 0. The number of fused-ring (bicyclic) bond motifs is 1. The molecule has 0 aromatic heterocycles. The summed E-state index contributed by atoms with van der Waals surface area (Å²) in [6, 6.07) is 7.69. The van der Waals surface area contributed by atoms with Crippen LogP contribution in [-0.2, 0) is 16.0 Å². The quantitative estimate of drug-likeness (QED) is 0.860. The van der Waals surface area contributed by atoms with Crippen molar-refractivity contribution in [2.24, 2.45) is 0 Å². The molecule has 1 fully saturated rings. The maximum absolute atomic E-state index is 13.0. The standard InChI is InChI=1S/C19H26N2O2/c1-2-16(19(23)20-13-6-3-7-14-20)21-17-11-5-4-9-15(17)10-8-12-18(21)22/h4-5,9,11,16H,2-3,6-8,10,12-14H2,1H3/t16-/m1/s1. The van der Waals surface area contributed by atoms with E-state index in [-0.39, 0.29) is 17.9 Å². The van der Waals surface area contributed by atoms with Crippen LogP contribution in [-0.4, -0.2) is 35.8 Å². The van der Waals surface area contributed by atoms with E-state index in [9.17, 15) is 9.59 Å². The number of benzene rings is 1. The fourth-order valence-corrected chi connectivity index (χ4v) is 3.78. The van der Waals surface area contributed by atoms with Gasteiger partial charge in [-0.15, -0.1) is 0 Å². The van der Waals surface area contributed by atoms with Crippen LogP contribution in [0.1, 0.15) is 51.0 Å². The number of hydrogen-bond donors (Lipinski definition) is 0. The topological polar surface area (TPSA) is 40.6 Å². The van der Waals surface area contributed by atoms with Crippen molar-refractivity contribution >= 4 is 17.5 Å². The smallest absolute Gasteiger partial charge is 0.245 e. The van der Waals surface area contributed by atoms with Crippen LogP contribution in [0.3, 0.4) is 0 Å². The van der Waals surface area contributed by atoms with Crippen LogP contribution in [0.25, 0.3) is 0 Å². The monoisotopic (exact) mass is 314 g/mol. The lowest BCUT2D eigenvalue weighted by Gasteiger charge is -2.36. The highest BCUT2D eigenvalue weighted by Gasteiger charge is 2.34. The van der Waals surface area contributed by atoms with Gasteiger partial charge in [-0.1, -0.05) is 25.1 Å². The van der Waals surface area contributed by atoms with Crippen molar-refractivity contribution in [1.82, 2.24) is 4.90 Å². The molecule has 0 aliphatic carbocycles. The maximum Gasteiger partial charge on any atom is 0.245 e. The van der Waals surface area contributed by atoms with E-state index in [4.69, 9.17) is 0 Å². The second-order valence-electron chi connectivity index (χ2n) is 6.56. The highest BCUT2D eigenvalue weighted by atomic mass is 16.2. The first-order valence-electron chi connectivity index (χ1n) is 8.91. The van der Waals surface area contributed by atoms with E-state index < -0.39 is 0 Å². The first-order chi connectivity index (χ1) is 11.2. The lowest BCUT2D eigenvalue weighted by atomic mass is 10.0. The molecule has 1 saturated heterocycles. The predicted octanol–water partition coefficient (Wildman–Crippen LogP) is 3.15. The second-order valence-corrected chi connectivity index (χ2v) is 6.56. The van der Waals surface area contributed by atoms with Crippen LogP contribution in [0.4, 0.5) is 5.69 Å². The van der Waals surface area contributed by atoms with Crippen molar-refractivity contribution in [3.8, 4) is 0 Å². The van der Waals surface area contributed by atoms with Crippen LogP contribution in [0.15, 0.2) is 24.3 Å². The molecule has 124 valence electrons. The SMILES string of the molecule is CC[C@H](C(=O)N1CCCCC1)N1C(=O)CCCc2ccccc21. The van der Waals surface area contributed by atoms with Crippen LogP contribution >= 0.6 is 0 Å². The molecule has 23 heavy (non-hydrogen) atoms. The van der Waals surface area contributed by atoms with Crippen molar-refractivity contribution in [2.45, 2.75) is 57.9 Å². The molecule has 2 aliphatic rings. The molecule has 4 heteroatoms. The number of hydrogen-bond acceptors (Lipinski definition) is 2. The van der Waals surface area contributed by atoms with Gasteiger partial charge in [0.2, 0.25) is 11.8 Å². The molecular formula is C19H26N2O2. The fourth-order valence-electron chi connectivity index (χ4n) is 3.78. The molecule has 0 unspecified atom stereocenters. The average molecular weight is 314 g/mol. The average Bonchev–Trinajstić information content (AvgIpc) is 2.76. The highest BCUT2D eigenvalue weighted by molar-refractivity contribution is 6.01. The van der Waals surface area contributed by atoms with Gasteiger partial charge in [-0.2, -0.15) is 0 Å². The third-order valence-corrected chi connectivity index (χ3v) is 5.01. The summed E-state index contributed by atoms with van der Waals surface area (Å²) in [6.45, 7) is 3.67. The number of para-hydroxylation sites is 1. The van der Waals surface area contributed by atoms with Crippen molar-refractivity contribution in [3.05, 3.63) is 29.8 Å². The molecule has 3 rings (SSSR count). The molecule has 0 bridgehead atoms. The van der Waals surface area contributed by atoms with Gasteiger partial charge in [0.1, 0.15) is 6.04 Å². The fraction of sp³-hybridized carbons (Fsp3) is 0.579. The molecule has 2 heterocycles. The third kappa shape index (κ3) is 3.26. The van der Waals surface area contributed by atoms with E-state index >= 15 is 0 Å². The zero-order valence-electron chi connectivity index (χ0n) is 14.0. The molecule has 1 aromatic carbocycles. The Morgan fingerprint density at radius 1 is 1.09 bits per heavy atom. The minimum Gasteiger partial charge on any atom is -0.341 e. The Labute approximate surface area is 138 Å². The molecular weight excluding hydrogens is 288 g/mol. The minimum atomic E-state index is -0.361. The summed E-state index contributed by atoms with van der Waals surface area (Å²) in [6.07, 6.45) is 6.31. The third-order valence-electron chi connectivity index (χ3n) is 5.01. The van der Waals surface area contributed by atoms with Crippen LogP contribution in [0.5, 0.6) is 0 Å². The first kappa shape index (κ1) is 16.0. The second kappa shape index (κ2) is 7.16. The summed E-state index contributed by atoms with van der Waals surface area (Å²) in [5.41, 5.74) is 2.12. The predicted molar refractivity (Wildman–Crippen MR) is 91.4 cm³/mol. The molecule has 2 amide bonds. The number of aryl methyl sites for hydroxylation is 1. The van der Waals surface area contributed by atoms with E-state index in [1.807, 2.05) is 30.0 Å². The first-order valence-corrected chi connectivity index (χ1v) is 8.91. The van der Waals surface area contributed by atoms with Crippen LogP contribution in [0, 0.1) is 0 Å². The van der Waals surface area contributed by atoms with Gasteiger partial charge in [-0.25, -0.2) is 0 Å². The molecule has 1 atom stereocenters. The van der Waals surface area contributed by atoms with Crippen molar-refractivity contribution in [3.63, 3.8) is 0 Å².